The predicted molar refractivity (Wildman–Crippen MR) is 120 cm³/mol. The van der Waals surface area contributed by atoms with Crippen LogP contribution < -0.4 is 9.47 Å². The smallest absolute Gasteiger partial charge is 0.343 e. The molecule has 0 fully saturated rings. The van der Waals surface area contributed by atoms with Crippen LogP contribution in [0.1, 0.15) is 81.6 Å². The van der Waals surface area contributed by atoms with Crippen molar-refractivity contribution in [3.05, 3.63) is 59.7 Å². The Morgan fingerprint density at radius 2 is 1.45 bits per heavy atom. The van der Waals surface area contributed by atoms with Crippen molar-refractivity contribution in [3.8, 4) is 11.5 Å². The lowest BCUT2D eigenvalue weighted by molar-refractivity contribution is 0.0734. The first-order valence-electron chi connectivity index (χ1n) is 11.2. The van der Waals surface area contributed by atoms with Crippen LogP contribution >= 0.6 is 0 Å². The lowest BCUT2D eigenvalue weighted by Crippen LogP contribution is -2.09. The van der Waals surface area contributed by atoms with Crippen molar-refractivity contribution in [3.63, 3.8) is 0 Å². The van der Waals surface area contributed by atoms with E-state index >= 15 is 0 Å². The van der Waals surface area contributed by atoms with Crippen LogP contribution in [0.15, 0.2) is 48.5 Å². The zero-order valence-corrected chi connectivity index (χ0v) is 18.3. The van der Waals surface area contributed by atoms with E-state index in [1.165, 1.54) is 44.1 Å². The van der Waals surface area contributed by atoms with Crippen molar-refractivity contribution in [1.82, 2.24) is 0 Å². The minimum absolute atomic E-state index is 0.345. The second-order valence-electron chi connectivity index (χ2n) is 7.90. The molecule has 29 heavy (non-hydrogen) atoms. The van der Waals surface area contributed by atoms with E-state index in [0.717, 1.165) is 18.6 Å². The second-order valence-corrected chi connectivity index (χ2v) is 7.90. The molecule has 0 amide bonds. The molecule has 0 N–H and O–H groups in total. The highest BCUT2D eigenvalue weighted by Crippen LogP contribution is 2.18. The average molecular weight is 397 g/mol. The first kappa shape index (κ1) is 23.0. The number of unbranched alkanes of at least 4 members (excludes halogenated alkanes) is 5. The molecule has 0 heterocycles. The molecule has 0 aliphatic rings. The van der Waals surface area contributed by atoms with Gasteiger partial charge in [0.1, 0.15) is 11.5 Å². The van der Waals surface area contributed by atoms with E-state index in [-0.39, 0.29) is 5.97 Å². The van der Waals surface area contributed by atoms with Gasteiger partial charge in [-0.3, -0.25) is 0 Å². The highest BCUT2D eigenvalue weighted by molar-refractivity contribution is 5.91. The molecule has 0 aliphatic heterocycles. The van der Waals surface area contributed by atoms with Gasteiger partial charge >= 0.3 is 5.97 Å². The summed E-state index contributed by atoms with van der Waals surface area (Å²) in [5.74, 6) is 1.53. The van der Waals surface area contributed by atoms with Gasteiger partial charge in [-0.2, -0.15) is 0 Å². The molecule has 0 bridgehead atoms. The van der Waals surface area contributed by atoms with Crippen molar-refractivity contribution in [2.24, 2.45) is 5.92 Å². The molecule has 2 aromatic carbocycles. The van der Waals surface area contributed by atoms with Gasteiger partial charge in [-0.15, -0.1) is 0 Å². The van der Waals surface area contributed by atoms with E-state index in [2.05, 4.69) is 32.9 Å². The Hall–Kier alpha value is -2.29. The van der Waals surface area contributed by atoms with E-state index in [9.17, 15) is 4.79 Å². The summed E-state index contributed by atoms with van der Waals surface area (Å²) in [6.45, 7) is 7.23. The summed E-state index contributed by atoms with van der Waals surface area (Å²) in [6, 6.07) is 15.0. The Labute approximate surface area is 176 Å². The standard InChI is InChI=1S/C26H36O3/c1-4-6-7-8-9-10-11-22-12-16-25(17-13-22)29-26(27)23-14-18-24(19-15-23)28-20-21(3)5-2/h12-19,21H,4-11,20H2,1-3H3. The van der Waals surface area contributed by atoms with Gasteiger partial charge in [0, 0.05) is 0 Å². The molecular weight excluding hydrogens is 360 g/mol. The number of ether oxygens (including phenoxy) is 2. The third kappa shape index (κ3) is 8.72. The van der Waals surface area contributed by atoms with E-state index in [0.29, 0.717) is 23.8 Å². The Balaban J connectivity index is 1.76. The van der Waals surface area contributed by atoms with Crippen LogP contribution in [0.25, 0.3) is 0 Å². The van der Waals surface area contributed by atoms with Crippen LogP contribution in [0.5, 0.6) is 11.5 Å². The Morgan fingerprint density at radius 1 is 0.828 bits per heavy atom. The van der Waals surface area contributed by atoms with Gasteiger partial charge < -0.3 is 9.47 Å². The summed E-state index contributed by atoms with van der Waals surface area (Å²) in [5.41, 5.74) is 1.82. The molecule has 0 aromatic heterocycles. The Kier molecular flexibility index (Phi) is 10.3. The third-order valence-electron chi connectivity index (χ3n) is 5.27. The number of rotatable bonds is 13. The number of hydrogen-bond donors (Lipinski definition) is 0. The fourth-order valence-electron chi connectivity index (χ4n) is 3.04. The maximum Gasteiger partial charge on any atom is 0.343 e. The maximum absolute atomic E-state index is 12.4. The summed E-state index contributed by atoms with van der Waals surface area (Å²) in [5, 5.41) is 0. The number of hydrogen-bond acceptors (Lipinski definition) is 3. The van der Waals surface area contributed by atoms with Crippen LogP contribution in [0.2, 0.25) is 0 Å². The topological polar surface area (TPSA) is 35.5 Å². The van der Waals surface area contributed by atoms with Crippen LogP contribution in [-0.4, -0.2) is 12.6 Å². The van der Waals surface area contributed by atoms with Gasteiger partial charge in [0.2, 0.25) is 0 Å². The fraction of sp³-hybridized carbons (Fsp3) is 0.500. The highest BCUT2D eigenvalue weighted by atomic mass is 16.5. The molecule has 0 radical (unpaired) electrons. The van der Waals surface area contributed by atoms with Crippen LogP contribution in [-0.2, 0) is 6.42 Å². The highest BCUT2D eigenvalue weighted by Gasteiger charge is 2.09. The van der Waals surface area contributed by atoms with E-state index in [1.54, 1.807) is 12.1 Å². The van der Waals surface area contributed by atoms with Gasteiger partial charge in [0.25, 0.3) is 0 Å². The van der Waals surface area contributed by atoms with Gasteiger partial charge in [0.05, 0.1) is 12.2 Å². The minimum Gasteiger partial charge on any atom is -0.493 e. The maximum atomic E-state index is 12.4. The zero-order valence-electron chi connectivity index (χ0n) is 18.3. The van der Waals surface area contributed by atoms with E-state index in [4.69, 9.17) is 9.47 Å². The molecule has 0 aliphatic carbocycles. The molecule has 3 nitrogen and oxygen atoms in total. The second kappa shape index (κ2) is 13.0. The van der Waals surface area contributed by atoms with Crippen molar-refractivity contribution in [2.75, 3.05) is 6.61 Å². The Morgan fingerprint density at radius 3 is 2.10 bits per heavy atom. The quantitative estimate of drug-likeness (QED) is 0.203. The monoisotopic (exact) mass is 396 g/mol. The Bertz CT molecular complexity index is 704. The van der Waals surface area contributed by atoms with Gasteiger partial charge in [-0.1, -0.05) is 71.4 Å². The average Bonchev–Trinajstić information content (AvgIpc) is 2.76. The molecule has 1 atom stereocenters. The summed E-state index contributed by atoms with van der Waals surface area (Å²) in [4.78, 5) is 12.4. The number of carbonyl (C=O) groups is 1. The number of carbonyl (C=O) groups excluding carboxylic acids is 1. The minimum atomic E-state index is -0.345. The molecule has 0 saturated heterocycles. The summed E-state index contributed by atoms with van der Waals surface area (Å²) >= 11 is 0. The van der Waals surface area contributed by atoms with E-state index in [1.807, 2.05) is 24.3 Å². The molecular formula is C26H36O3. The fourth-order valence-corrected chi connectivity index (χ4v) is 3.04. The summed E-state index contributed by atoms with van der Waals surface area (Å²) < 4.78 is 11.2. The van der Waals surface area contributed by atoms with Crippen molar-refractivity contribution in [1.29, 1.82) is 0 Å². The number of esters is 1. The summed E-state index contributed by atoms with van der Waals surface area (Å²) in [7, 11) is 0. The largest absolute Gasteiger partial charge is 0.493 e. The normalized spacial score (nSPS) is 11.8. The first-order valence-corrected chi connectivity index (χ1v) is 11.2. The van der Waals surface area contributed by atoms with Crippen LogP contribution in [0, 0.1) is 5.92 Å². The molecule has 3 heteroatoms. The van der Waals surface area contributed by atoms with Crippen molar-refractivity contribution < 1.29 is 14.3 Å². The lowest BCUT2D eigenvalue weighted by Gasteiger charge is -2.11. The SMILES string of the molecule is CCCCCCCCc1ccc(OC(=O)c2ccc(OCC(C)CC)cc2)cc1. The van der Waals surface area contributed by atoms with Crippen molar-refractivity contribution in [2.45, 2.75) is 72.1 Å². The van der Waals surface area contributed by atoms with Gasteiger partial charge in [-0.25, -0.2) is 4.79 Å². The number of aryl methyl sites for hydroxylation is 1. The molecule has 0 spiro atoms. The van der Waals surface area contributed by atoms with Crippen LogP contribution in [0.3, 0.4) is 0 Å². The van der Waals surface area contributed by atoms with Gasteiger partial charge in [-0.05, 0) is 60.7 Å². The molecule has 0 saturated carbocycles. The number of benzene rings is 2. The third-order valence-corrected chi connectivity index (χ3v) is 5.27. The predicted octanol–water partition coefficient (Wildman–Crippen LogP) is 7.23. The van der Waals surface area contributed by atoms with Crippen LogP contribution in [0.4, 0.5) is 0 Å². The molecule has 2 aromatic rings. The van der Waals surface area contributed by atoms with Crippen molar-refractivity contribution >= 4 is 5.97 Å². The lowest BCUT2D eigenvalue weighted by atomic mass is 10.0. The molecule has 158 valence electrons. The first-order chi connectivity index (χ1) is 14.1. The molecule has 2 rings (SSSR count). The van der Waals surface area contributed by atoms with E-state index < -0.39 is 0 Å². The molecule has 1 unspecified atom stereocenters. The zero-order chi connectivity index (χ0) is 20.9. The van der Waals surface area contributed by atoms with Gasteiger partial charge in [0.15, 0.2) is 0 Å². The summed E-state index contributed by atoms with van der Waals surface area (Å²) in [6.07, 6.45) is 9.97.